The maximum Gasteiger partial charge on any atom is 0.131 e. The maximum absolute atomic E-state index is 9.48. The number of nitrogens with zero attached hydrogens (tertiary/aromatic N) is 1. The minimum Gasteiger partial charge on any atom is -0.508 e. The Balaban J connectivity index is 1.99. The first-order valence-corrected chi connectivity index (χ1v) is 6.76. The van der Waals surface area contributed by atoms with Crippen LogP contribution in [-0.2, 0) is 0 Å². The quantitative estimate of drug-likeness (QED) is 0.551. The van der Waals surface area contributed by atoms with E-state index >= 15 is 0 Å². The highest BCUT2D eigenvalue weighted by atomic mass is 16.3. The lowest BCUT2D eigenvalue weighted by atomic mass is 10.1. The van der Waals surface area contributed by atoms with Gasteiger partial charge in [0.05, 0.1) is 5.69 Å². The third-order valence-corrected chi connectivity index (χ3v) is 3.40. The van der Waals surface area contributed by atoms with E-state index in [4.69, 9.17) is 5.73 Å². The Morgan fingerprint density at radius 3 is 2.33 bits per heavy atom. The highest BCUT2D eigenvalue weighted by Crippen LogP contribution is 2.21. The number of hydrogen-bond acceptors (Lipinski definition) is 2. The van der Waals surface area contributed by atoms with Crippen molar-refractivity contribution in [3.8, 4) is 5.75 Å². The van der Waals surface area contributed by atoms with Gasteiger partial charge >= 0.3 is 0 Å². The molecular formula is C18H16N2O. The minimum atomic E-state index is 0.261. The van der Waals surface area contributed by atoms with Crippen LogP contribution in [0.5, 0.6) is 5.75 Å². The topological polar surface area (TPSA) is 58.6 Å². The van der Waals surface area contributed by atoms with Crippen molar-refractivity contribution in [2.45, 2.75) is 6.92 Å². The molecule has 0 aliphatic rings. The maximum atomic E-state index is 9.48. The van der Waals surface area contributed by atoms with E-state index in [-0.39, 0.29) is 5.75 Å². The first-order valence-electron chi connectivity index (χ1n) is 6.76. The van der Waals surface area contributed by atoms with Crippen LogP contribution in [0.15, 0.2) is 65.7 Å². The molecule has 3 heteroatoms. The smallest absolute Gasteiger partial charge is 0.131 e. The molecule has 21 heavy (non-hydrogen) atoms. The number of aromatic hydroxyl groups is 1. The summed E-state index contributed by atoms with van der Waals surface area (Å²) in [5.41, 5.74) is 8.99. The van der Waals surface area contributed by atoms with E-state index in [1.807, 2.05) is 55.5 Å². The van der Waals surface area contributed by atoms with Crippen LogP contribution in [0.3, 0.4) is 0 Å². The van der Waals surface area contributed by atoms with Gasteiger partial charge in [0.25, 0.3) is 0 Å². The Bertz CT molecular complexity index is 820. The highest BCUT2D eigenvalue weighted by Gasteiger charge is 2.02. The monoisotopic (exact) mass is 276 g/mol. The Hall–Kier alpha value is -2.81. The number of hydrogen-bond donors (Lipinski definition) is 2. The number of phenolic OH excluding ortho intramolecular Hbond substituents is 1. The number of fused-ring (bicyclic) bond motifs is 1. The number of amidine groups is 1. The molecule has 0 atom stereocenters. The second kappa shape index (κ2) is 5.29. The Morgan fingerprint density at radius 2 is 1.57 bits per heavy atom. The number of aliphatic imine (C=N–C) groups is 1. The van der Waals surface area contributed by atoms with E-state index in [0.29, 0.717) is 5.84 Å². The van der Waals surface area contributed by atoms with Crippen molar-refractivity contribution >= 4 is 22.3 Å². The molecule has 0 bridgehead atoms. The summed E-state index contributed by atoms with van der Waals surface area (Å²) in [6, 6.07) is 19.0. The van der Waals surface area contributed by atoms with E-state index < -0.39 is 0 Å². The van der Waals surface area contributed by atoms with Gasteiger partial charge in [0.1, 0.15) is 11.6 Å². The zero-order valence-corrected chi connectivity index (χ0v) is 11.7. The molecule has 0 heterocycles. The van der Waals surface area contributed by atoms with Crippen molar-refractivity contribution in [2.24, 2.45) is 10.7 Å². The van der Waals surface area contributed by atoms with Crippen molar-refractivity contribution in [2.75, 3.05) is 0 Å². The van der Waals surface area contributed by atoms with Crippen LogP contribution < -0.4 is 5.73 Å². The van der Waals surface area contributed by atoms with Gasteiger partial charge in [-0.05, 0) is 48.0 Å². The molecule has 0 aromatic heterocycles. The lowest BCUT2D eigenvalue weighted by Crippen LogP contribution is -2.12. The molecule has 0 unspecified atom stereocenters. The van der Waals surface area contributed by atoms with Crippen LogP contribution in [0.4, 0.5) is 5.69 Å². The Morgan fingerprint density at radius 1 is 0.905 bits per heavy atom. The van der Waals surface area contributed by atoms with E-state index in [0.717, 1.165) is 22.0 Å². The summed E-state index contributed by atoms with van der Waals surface area (Å²) in [7, 11) is 0. The summed E-state index contributed by atoms with van der Waals surface area (Å²) in [4.78, 5) is 4.44. The van der Waals surface area contributed by atoms with Gasteiger partial charge in [-0.2, -0.15) is 0 Å². The van der Waals surface area contributed by atoms with Crippen LogP contribution in [0.1, 0.15) is 11.1 Å². The van der Waals surface area contributed by atoms with Crippen molar-refractivity contribution in [1.29, 1.82) is 0 Å². The van der Waals surface area contributed by atoms with Gasteiger partial charge in [0.15, 0.2) is 0 Å². The van der Waals surface area contributed by atoms with Gasteiger partial charge in [-0.25, -0.2) is 4.99 Å². The summed E-state index contributed by atoms with van der Waals surface area (Å²) in [5, 5.41) is 11.5. The molecule has 0 aliphatic carbocycles. The Labute approximate surface area is 123 Å². The van der Waals surface area contributed by atoms with Crippen molar-refractivity contribution in [1.82, 2.24) is 0 Å². The molecule has 0 fully saturated rings. The number of rotatable bonds is 2. The second-order valence-corrected chi connectivity index (χ2v) is 5.08. The number of aryl methyl sites for hydroxylation is 1. The van der Waals surface area contributed by atoms with E-state index in [2.05, 4.69) is 4.99 Å². The highest BCUT2D eigenvalue weighted by molar-refractivity contribution is 6.02. The normalized spacial score (nSPS) is 11.8. The van der Waals surface area contributed by atoms with Crippen LogP contribution in [0.2, 0.25) is 0 Å². The number of phenols is 1. The predicted molar refractivity (Wildman–Crippen MR) is 87.2 cm³/mol. The first-order chi connectivity index (χ1) is 10.1. The minimum absolute atomic E-state index is 0.261. The third kappa shape index (κ3) is 2.87. The van der Waals surface area contributed by atoms with E-state index in [1.54, 1.807) is 12.1 Å². The molecule has 3 aromatic carbocycles. The summed E-state index contributed by atoms with van der Waals surface area (Å²) >= 11 is 0. The van der Waals surface area contributed by atoms with Crippen molar-refractivity contribution in [3.63, 3.8) is 0 Å². The zero-order valence-electron chi connectivity index (χ0n) is 11.7. The average Bonchev–Trinajstić information content (AvgIpc) is 2.49. The Kier molecular flexibility index (Phi) is 3.32. The lowest BCUT2D eigenvalue weighted by molar-refractivity contribution is 0.476. The molecule has 3 aromatic rings. The van der Waals surface area contributed by atoms with Crippen molar-refractivity contribution < 1.29 is 5.11 Å². The number of nitrogens with two attached hydrogens (primary N) is 1. The molecule has 0 radical (unpaired) electrons. The molecule has 0 amide bonds. The summed E-state index contributed by atoms with van der Waals surface area (Å²) in [6.07, 6.45) is 0. The fourth-order valence-corrected chi connectivity index (χ4v) is 2.22. The molecular weight excluding hydrogens is 260 g/mol. The van der Waals surface area contributed by atoms with Gasteiger partial charge < -0.3 is 10.8 Å². The average molecular weight is 276 g/mol. The molecule has 0 saturated carbocycles. The fourth-order valence-electron chi connectivity index (χ4n) is 2.22. The molecule has 104 valence electrons. The van der Waals surface area contributed by atoms with Gasteiger partial charge in [0.2, 0.25) is 0 Å². The molecule has 3 nitrogen and oxygen atoms in total. The summed E-state index contributed by atoms with van der Waals surface area (Å²) < 4.78 is 0. The zero-order chi connectivity index (χ0) is 14.8. The molecule has 3 N–H and O–H groups in total. The summed E-state index contributed by atoms with van der Waals surface area (Å²) in [5.74, 6) is 0.741. The predicted octanol–water partition coefficient (Wildman–Crippen LogP) is 3.89. The van der Waals surface area contributed by atoms with Gasteiger partial charge in [-0.15, -0.1) is 0 Å². The molecule has 0 aliphatic heterocycles. The van der Waals surface area contributed by atoms with Gasteiger partial charge in [-0.1, -0.05) is 35.9 Å². The van der Waals surface area contributed by atoms with Crippen LogP contribution in [0.25, 0.3) is 10.8 Å². The largest absolute Gasteiger partial charge is 0.508 e. The fraction of sp³-hybridized carbons (Fsp3) is 0.0556. The van der Waals surface area contributed by atoms with Crippen LogP contribution >= 0.6 is 0 Å². The third-order valence-electron chi connectivity index (χ3n) is 3.40. The molecule has 0 saturated heterocycles. The summed E-state index contributed by atoms with van der Waals surface area (Å²) in [6.45, 7) is 2.04. The number of benzene rings is 3. The van der Waals surface area contributed by atoms with Crippen LogP contribution in [0, 0.1) is 6.92 Å². The van der Waals surface area contributed by atoms with E-state index in [9.17, 15) is 5.11 Å². The standard InChI is InChI=1S/C18H16N2O/c1-12-2-7-16(8-3-12)20-18(19)15-5-4-14-11-17(21)9-6-13(14)10-15/h2-11,21H,1H3,(H2,19,20). The van der Waals surface area contributed by atoms with Gasteiger partial charge in [0, 0.05) is 5.56 Å². The van der Waals surface area contributed by atoms with Crippen molar-refractivity contribution in [3.05, 3.63) is 71.8 Å². The molecule has 0 spiro atoms. The SMILES string of the molecule is Cc1ccc(N=C(N)c2ccc3cc(O)ccc3c2)cc1. The lowest BCUT2D eigenvalue weighted by Gasteiger charge is -2.04. The second-order valence-electron chi connectivity index (χ2n) is 5.08. The molecule has 3 rings (SSSR count). The first kappa shape index (κ1) is 13.2. The van der Waals surface area contributed by atoms with Crippen LogP contribution in [-0.4, -0.2) is 10.9 Å². The van der Waals surface area contributed by atoms with Gasteiger partial charge in [-0.3, -0.25) is 0 Å². The van der Waals surface area contributed by atoms with E-state index in [1.165, 1.54) is 5.56 Å².